The number of benzene rings is 1. The highest BCUT2D eigenvalue weighted by molar-refractivity contribution is 7.88. The lowest BCUT2D eigenvalue weighted by Gasteiger charge is -2.21. The topological polar surface area (TPSA) is 104 Å². The van der Waals surface area contributed by atoms with E-state index < -0.39 is 27.9 Å². The average Bonchev–Trinajstić information content (AvgIpc) is 2.90. The van der Waals surface area contributed by atoms with Crippen LogP contribution in [0.1, 0.15) is 23.2 Å². The van der Waals surface area contributed by atoms with Crippen LogP contribution in [0.2, 0.25) is 5.02 Å². The van der Waals surface area contributed by atoms with Crippen LogP contribution in [-0.2, 0) is 14.8 Å². The Morgan fingerprint density at radius 3 is 2.68 bits per heavy atom. The van der Waals surface area contributed by atoms with Gasteiger partial charge in [0.2, 0.25) is 15.9 Å². The van der Waals surface area contributed by atoms with Gasteiger partial charge in [-0.2, -0.15) is 4.31 Å². The first-order chi connectivity index (χ1) is 10.2. The molecule has 9 heteroatoms. The Labute approximate surface area is 132 Å². The third-order valence-corrected chi connectivity index (χ3v) is 5.02. The first-order valence-electron chi connectivity index (χ1n) is 6.50. The molecule has 2 N–H and O–H groups in total. The van der Waals surface area contributed by atoms with E-state index in [1.54, 1.807) is 0 Å². The maximum Gasteiger partial charge on any atom is 0.337 e. The predicted molar refractivity (Wildman–Crippen MR) is 81.6 cm³/mol. The molecule has 22 heavy (non-hydrogen) atoms. The number of nitrogens with zero attached hydrogens (tertiary/aromatic N) is 1. The Morgan fingerprint density at radius 1 is 1.41 bits per heavy atom. The third-order valence-electron chi connectivity index (χ3n) is 3.40. The zero-order valence-electron chi connectivity index (χ0n) is 11.7. The minimum absolute atomic E-state index is 0.0594. The minimum Gasteiger partial charge on any atom is -0.478 e. The minimum atomic E-state index is -3.46. The van der Waals surface area contributed by atoms with Crippen LogP contribution < -0.4 is 5.32 Å². The van der Waals surface area contributed by atoms with Crippen molar-refractivity contribution in [3.05, 3.63) is 28.8 Å². The van der Waals surface area contributed by atoms with Crippen molar-refractivity contribution in [2.45, 2.75) is 18.9 Å². The smallest absolute Gasteiger partial charge is 0.337 e. The number of nitrogens with one attached hydrogen (secondary N) is 1. The van der Waals surface area contributed by atoms with Gasteiger partial charge >= 0.3 is 5.97 Å². The highest BCUT2D eigenvalue weighted by Crippen LogP contribution is 2.24. The molecule has 1 aliphatic heterocycles. The molecule has 7 nitrogen and oxygen atoms in total. The Hall–Kier alpha value is -1.64. The molecular weight excluding hydrogens is 332 g/mol. The van der Waals surface area contributed by atoms with Gasteiger partial charge in [0.1, 0.15) is 6.04 Å². The SMILES string of the molecule is CS(=O)(=O)N1CCCC1C(=O)Nc1ccc(Cl)c(C(=O)O)c1. The average molecular weight is 347 g/mol. The van der Waals surface area contributed by atoms with E-state index in [0.717, 1.165) is 10.6 Å². The lowest BCUT2D eigenvalue weighted by atomic mass is 10.1. The van der Waals surface area contributed by atoms with Gasteiger partial charge in [-0.25, -0.2) is 13.2 Å². The van der Waals surface area contributed by atoms with Crippen LogP contribution in [0.5, 0.6) is 0 Å². The first kappa shape index (κ1) is 16.7. The summed E-state index contributed by atoms with van der Waals surface area (Å²) in [7, 11) is -3.46. The van der Waals surface area contributed by atoms with Gasteiger partial charge in [0.15, 0.2) is 0 Å². The number of carbonyl (C=O) groups excluding carboxylic acids is 1. The zero-order valence-corrected chi connectivity index (χ0v) is 13.3. The Kier molecular flexibility index (Phi) is 4.74. The van der Waals surface area contributed by atoms with Gasteiger partial charge in [0.25, 0.3) is 0 Å². The first-order valence-corrected chi connectivity index (χ1v) is 8.73. The highest BCUT2D eigenvalue weighted by atomic mass is 35.5. The van der Waals surface area contributed by atoms with Crippen molar-refractivity contribution >= 4 is 39.2 Å². The van der Waals surface area contributed by atoms with Gasteiger partial charge in [-0.1, -0.05) is 11.6 Å². The summed E-state index contributed by atoms with van der Waals surface area (Å²) in [6.07, 6.45) is 2.09. The molecule has 1 fully saturated rings. The van der Waals surface area contributed by atoms with E-state index in [0.29, 0.717) is 19.4 Å². The molecule has 1 aliphatic rings. The highest BCUT2D eigenvalue weighted by Gasteiger charge is 2.36. The molecule has 1 aromatic rings. The normalized spacial score (nSPS) is 19.1. The lowest BCUT2D eigenvalue weighted by molar-refractivity contribution is -0.119. The number of hydrogen-bond acceptors (Lipinski definition) is 4. The van der Waals surface area contributed by atoms with Gasteiger partial charge in [0, 0.05) is 12.2 Å². The van der Waals surface area contributed by atoms with Crippen LogP contribution >= 0.6 is 11.6 Å². The maximum atomic E-state index is 12.2. The second kappa shape index (κ2) is 6.23. The molecule has 1 saturated heterocycles. The molecule has 0 saturated carbocycles. The van der Waals surface area contributed by atoms with Crippen LogP contribution in [0.15, 0.2) is 18.2 Å². The molecular formula is C13H15ClN2O5S. The van der Waals surface area contributed by atoms with E-state index >= 15 is 0 Å². The standard InChI is InChI=1S/C13H15ClN2O5S/c1-22(20,21)16-6-2-3-11(16)12(17)15-8-4-5-10(14)9(7-8)13(18)19/h4-5,7,11H,2-3,6H2,1H3,(H,15,17)(H,18,19). The van der Waals surface area contributed by atoms with Crippen molar-refractivity contribution in [2.24, 2.45) is 0 Å². The van der Waals surface area contributed by atoms with E-state index in [1.807, 2.05) is 0 Å². The monoisotopic (exact) mass is 346 g/mol. The molecule has 0 bridgehead atoms. The quantitative estimate of drug-likeness (QED) is 0.857. The largest absolute Gasteiger partial charge is 0.478 e. The number of halogens is 1. The number of carbonyl (C=O) groups is 2. The number of amides is 1. The summed E-state index contributed by atoms with van der Waals surface area (Å²) in [5.41, 5.74) is 0.123. The van der Waals surface area contributed by atoms with Gasteiger partial charge in [-0.05, 0) is 31.0 Å². The summed E-state index contributed by atoms with van der Waals surface area (Å²) < 4.78 is 24.4. The Balaban J connectivity index is 2.19. The number of sulfonamides is 1. The molecule has 1 aromatic carbocycles. The lowest BCUT2D eigenvalue weighted by Crippen LogP contribution is -2.42. The third kappa shape index (κ3) is 3.57. The van der Waals surface area contributed by atoms with Gasteiger partial charge < -0.3 is 10.4 Å². The van der Waals surface area contributed by atoms with Gasteiger partial charge in [-0.3, -0.25) is 4.79 Å². The number of carboxylic acid groups (broad SMARTS) is 1. The number of anilines is 1. The van der Waals surface area contributed by atoms with E-state index in [1.165, 1.54) is 18.2 Å². The van der Waals surface area contributed by atoms with Crippen molar-refractivity contribution in [3.8, 4) is 0 Å². The molecule has 1 amide bonds. The van der Waals surface area contributed by atoms with E-state index in [-0.39, 0.29) is 16.3 Å². The van der Waals surface area contributed by atoms with Crippen LogP contribution in [0.4, 0.5) is 5.69 Å². The Bertz CT molecular complexity index is 719. The predicted octanol–water partition coefficient (Wildman–Crippen LogP) is 1.40. The summed E-state index contributed by atoms with van der Waals surface area (Å²) in [6, 6.07) is 3.29. The van der Waals surface area contributed by atoms with Crippen molar-refractivity contribution in [2.75, 3.05) is 18.1 Å². The maximum absolute atomic E-state index is 12.2. The molecule has 0 aliphatic carbocycles. The fourth-order valence-electron chi connectivity index (χ4n) is 2.39. The van der Waals surface area contributed by atoms with Crippen molar-refractivity contribution in [1.82, 2.24) is 4.31 Å². The van der Waals surface area contributed by atoms with Crippen molar-refractivity contribution in [3.63, 3.8) is 0 Å². The van der Waals surface area contributed by atoms with Crippen LogP contribution in [0.3, 0.4) is 0 Å². The van der Waals surface area contributed by atoms with Crippen molar-refractivity contribution in [1.29, 1.82) is 0 Å². The summed E-state index contributed by atoms with van der Waals surface area (Å²) >= 11 is 5.76. The molecule has 2 rings (SSSR count). The molecule has 1 heterocycles. The molecule has 1 atom stereocenters. The number of rotatable bonds is 4. The van der Waals surface area contributed by atoms with E-state index in [2.05, 4.69) is 5.32 Å². The number of carboxylic acids is 1. The summed E-state index contributed by atoms with van der Waals surface area (Å²) in [5.74, 6) is -1.69. The number of hydrogen-bond donors (Lipinski definition) is 2. The Morgan fingerprint density at radius 2 is 2.09 bits per heavy atom. The zero-order chi connectivity index (χ0) is 16.5. The molecule has 120 valence electrons. The van der Waals surface area contributed by atoms with Crippen LogP contribution in [0, 0.1) is 0 Å². The fraction of sp³-hybridized carbons (Fsp3) is 0.385. The van der Waals surface area contributed by atoms with Gasteiger partial charge in [-0.15, -0.1) is 0 Å². The summed E-state index contributed by atoms with van der Waals surface area (Å²) in [4.78, 5) is 23.3. The second-order valence-electron chi connectivity index (χ2n) is 5.02. The van der Waals surface area contributed by atoms with Gasteiger partial charge in [0.05, 0.1) is 16.8 Å². The molecule has 0 spiro atoms. The summed E-state index contributed by atoms with van der Waals surface area (Å²) in [6.45, 7) is 0.303. The van der Waals surface area contributed by atoms with Crippen LogP contribution in [0.25, 0.3) is 0 Å². The number of aromatic carboxylic acids is 1. The summed E-state index contributed by atoms with van der Waals surface area (Å²) in [5, 5.41) is 11.6. The van der Waals surface area contributed by atoms with Crippen molar-refractivity contribution < 1.29 is 23.1 Å². The molecule has 0 radical (unpaired) electrons. The molecule has 1 unspecified atom stereocenters. The fourth-order valence-corrected chi connectivity index (χ4v) is 3.71. The van der Waals surface area contributed by atoms with E-state index in [9.17, 15) is 18.0 Å². The van der Waals surface area contributed by atoms with E-state index in [4.69, 9.17) is 16.7 Å². The second-order valence-corrected chi connectivity index (χ2v) is 7.36. The van der Waals surface area contributed by atoms with Crippen LogP contribution in [-0.4, -0.2) is 48.5 Å². The molecule has 0 aromatic heterocycles.